The minimum absolute atomic E-state index is 0.00372. The number of hydrogen-bond acceptors (Lipinski definition) is 4. The molecule has 25 heavy (non-hydrogen) atoms. The van der Waals surface area contributed by atoms with E-state index in [0.717, 1.165) is 17.7 Å². The maximum Gasteiger partial charge on any atom is 0.417 e. The molecule has 0 heterocycles. The first-order chi connectivity index (χ1) is 11.6. The average Bonchev–Trinajstić information content (AvgIpc) is 2.93. The fraction of sp³-hybridized carbons (Fsp3) is 0.500. The highest BCUT2D eigenvalue weighted by molar-refractivity contribution is 6.03. The smallest absolute Gasteiger partial charge is 0.417 e. The molecule has 1 atom stereocenters. The summed E-state index contributed by atoms with van der Waals surface area (Å²) in [5.41, 5.74) is 2.41. The lowest BCUT2D eigenvalue weighted by molar-refractivity contribution is -0.125. The fourth-order valence-electron chi connectivity index (χ4n) is 3.06. The Labute approximate surface area is 150 Å². The highest BCUT2D eigenvalue weighted by atomic mass is 16.6. The predicted octanol–water partition coefficient (Wildman–Crippen LogP) is 3.56. The molecule has 0 aromatic heterocycles. The van der Waals surface area contributed by atoms with Crippen molar-refractivity contribution in [2.75, 3.05) is 21.1 Å². The number of fused-ring (bicyclic) bond motifs is 1. The van der Waals surface area contributed by atoms with Gasteiger partial charge in [-0.1, -0.05) is 24.3 Å². The van der Waals surface area contributed by atoms with Crippen LogP contribution >= 0.6 is 0 Å². The van der Waals surface area contributed by atoms with Crippen LogP contribution in [0.1, 0.15) is 44.2 Å². The van der Waals surface area contributed by atoms with Crippen molar-refractivity contribution >= 4 is 12.0 Å². The summed E-state index contributed by atoms with van der Waals surface area (Å²) in [5.74, 6) is -0.319. The second-order valence-corrected chi connectivity index (χ2v) is 7.68. The van der Waals surface area contributed by atoms with Crippen LogP contribution in [-0.2, 0) is 16.0 Å². The summed E-state index contributed by atoms with van der Waals surface area (Å²) in [5, 5.41) is 0. The number of rotatable bonds is 3. The number of carbonyl (C=O) groups is 2. The Morgan fingerprint density at radius 1 is 1.16 bits per heavy atom. The third-order valence-electron chi connectivity index (χ3n) is 4.12. The summed E-state index contributed by atoms with van der Waals surface area (Å²) < 4.78 is 5.33. The van der Waals surface area contributed by atoms with E-state index in [4.69, 9.17) is 4.74 Å². The van der Waals surface area contributed by atoms with Crippen molar-refractivity contribution in [1.82, 2.24) is 9.80 Å². The molecule has 1 aliphatic carbocycles. The highest BCUT2D eigenvalue weighted by Crippen LogP contribution is 2.38. The first-order valence-electron chi connectivity index (χ1n) is 8.57. The predicted molar refractivity (Wildman–Crippen MR) is 98.3 cm³/mol. The van der Waals surface area contributed by atoms with Gasteiger partial charge >= 0.3 is 6.09 Å². The van der Waals surface area contributed by atoms with Crippen LogP contribution in [0.5, 0.6) is 0 Å². The van der Waals surface area contributed by atoms with Crippen molar-refractivity contribution in [1.29, 1.82) is 0 Å². The van der Waals surface area contributed by atoms with E-state index in [1.165, 1.54) is 18.2 Å². The van der Waals surface area contributed by atoms with Gasteiger partial charge in [0.15, 0.2) is 0 Å². The maximum atomic E-state index is 13.0. The van der Waals surface area contributed by atoms with E-state index in [0.29, 0.717) is 5.57 Å². The van der Waals surface area contributed by atoms with Gasteiger partial charge in [0.05, 0.1) is 0 Å². The van der Waals surface area contributed by atoms with Gasteiger partial charge in [0.25, 0.3) is 5.91 Å². The van der Waals surface area contributed by atoms with Gasteiger partial charge in [-0.2, -0.15) is 0 Å². The standard InChI is InChI=1S/C20H28N2O3/c1-20(2,3)25-19(24)22(6)18(23)17(13-21(4)5)16-12-11-14-9-7-8-10-15(14)16/h7-10,13,16H,11-12H2,1-6H3/b17-13+. The molecule has 0 saturated heterocycles. The van der Waals surface area contributed by atoms with Crippen molar-refractivity contribution in [3.05, 3.63) is 47.2 Å². The maximum absolute atomic E-state index is 13.0. The van der Waals surface area contributed by atoms with Crippen LogP contribution in [0.4, 0.5) is 4.79 Å². The lowest BCUT2D eigenvalue weighted by atomic mass is 9.92. The van der Waals surface area contributed by atoms with Crippen molar-refractivity contribution < 1.29 is 14.3 Å². The summed E-state index contributed by atoms with van der Waals surface area (Å²) >= 11 is 0. The first-order valence-corrected chi connectivity index (χ1v) is 8.57. The number of imide groups is 1. The van der Waals surface area contributed by atoms with Gasteiger partial charge in [0, 0.05) is 38.8 Å². The number of amides is 2. The second-order valence-electron chi connectivity index (χ2n) is 7.68. The van der Waals surface area contributed by atoms with Gasteiger partial charge < -0.3 is 9.64 Å². The Hall–Kier alpha value is -2.30. The molecule has 0 N–H and O–H groups in total. The Morgan fingerprint density at radius 3 is 2.40 bits per heavy atom. The molecule has 136 valence electrons. The van der Waals surface area contributed by atoms with E-state index in [1.807, 2.05) is 37.3 Å². The molecule has 1 aromatic carbocycles. The topological polar surface area (TPSA) is 49.9 Å². The SMILES string of the molecule is CN(C)/C=C(/C(=O)N(C)C(=O)OC(C)(C)C)C1CCc2ccccc21. The van der Waals surface area contributed by atoms with Crippen LogP contribution in [0.2, 0.25) is 0 Å². The van der Waals surface area contributed by atoms with E-state index in [9.17, 15) is 9.59 Å². The molecular formula is C20H28N2O3. The Kier molecular flexibility index (Phi) is 5.55. The molecule has 0 spiro atoms. The van der Waals surface area contributed by atoms with Crippen LogP contribution in [0.15, 0.2) is 36.0 Å². The molecule has 1 unspecified atom stereocenters. The van der Waals surface area contributed by atoms with Crippen LogP contribution < -0.4 is 0 Å². The van der Waals surface area contributed by atoms with Crippen LogP contribution in [0, 0.1) is 0 Å². The minimum atomic E-state index is -0.642. The number of hydrogen-bond donors (Lipinski definition) is 0. The lowest BCUT2D eigenvalue weighted by Crippen LogP contribution is -2.39. The van der Waals surface area contributed by atoms with E-state index < -0.39 is 11.7 Å². The number of benzene rings is 1. The van der Waals surface area contributed by atoms with Crippen molar-refractivity contribution in [3.63, 3.8) is 0 Å². The van der Waals surface area contributed by atoms with Crippen LogP contribution in [0.3, 0.4) is 0 Å². The average molecular weight is 344 g/mol. The molecule has 5 heteroatoms. The molecule has 1 aliphatic rings. The summed E-state index contributed by atoms with van der Waals surface area (Å²) in [7, 11) is 5.23. The van der Waals surface area contributed by atoms with E-state index in [2.05, 4.69) is 12.1 Å². The molecular weight excluding hydrogens is 316 g/mol. The number of ether oxygens (including phenoxy) is 1. The summed E-state index contributed by atoms with van der Waals surface area (Å²) in [6.07, 6.45) is 2.99. The fourth-order valence-corrected chi connectivity index (χ4v) is 3.06. The number of likely N-dealkylation sites (N-methyl/N-ethyl adjacent to an activating group) is 1. The van der Waals surface area contributed by atoms with Crippen LogP contribution in [-0.4, -0.2) is 48.5 Å². The van der Waals surface area contributed by atoms with Crippen molar-refractivity contribution in [2.45, 2.75) is 45.1 Å². The monoisotopic (exact) mass is 344 g/mol. The van der Waals surface area contributed by atoms with Gasteiger partial charge in [0.2, 0.25) is 0 Å². The molecule has 0 radical (unpaired) electrons. The Bertz CT molecular complexity index is 686. The molecule has 0 bridgehead atoms. The van der Waals surface area contributed by atoms with Crippen LogP contribution in [0.25, 0.3) is 0 Å². The summed E-state index contributed by atoms with van der Waals surface area (Å²) in [6.45, 7) is 5.35. The Balaban J connectivity index is 2.30. The van der Waals surface area contributed by atoms with Crippen molar-refractivity contribution in [2.24, 2.45) is 0 Å². The zero-order valence-electron chi connectivity index (χ0n) is 16.0. The molecule has 0 aliphatic heterocycles. The summed E-state index contributed by atoms with van der Waals surface area (Å²) in [4.78, 5) is 28.2. The number of aryl methyl sites for hydroxylation is 1. The molecule has 2 amide bonds. The van der Waals surface area contributed by atoms with E-state index >= 15 is 0 Å². The van der Waals surface area contributed by atoms with E-state index in [1.54, 1.807) is 20.8 Å². The largest absolute Gasteiger partial charge is 0.443 e. The molecule has 0 fully saturated rings. The zero-order valence-corrected chi connectivity index (χ0v) is 16.0. The zero-order chi connectivity index (χ0) is 18.8. The van der Waals surface area contributed by atoms with Gasteiger partial charge in [0.1, 0.15) is 5.60 Å². The van der Waals surface area contributed by atoms with E-state index in [-0.39, 0.29) is 11.8 Å². The molecule has 5 nitrogen and oxygen atoms in total. The number of carbonyl (C=O) groups excluding carboxylic acids is 2. The highest BCUT2D eigenvalue weighted by Gasteiger charge is 2.33. The van der Waals surface area contributed by atoms with Gasteiger partial charge in [-0.05, 0) is 44.7 Å². The van der Waals surface area contributed by atoms with Crippen molar-refractivity contribution in [3.8, 4) is 0 Å². The number of nitrogens with zero attached hydrogens (tertiary/aromatic N) is 2. The van der Waals surface area contributed by atoms with Gasteiger partial charge in [-0.25, -0.2) is 9.69 Å². The molecule has 2 rings (SSSR count). The third-order valence-corrected chi connectivity index (χ3v) is 4.12. The normalized spacial score (nSPS) is 17.0. The van der Waals surface area contributed by atoms with Gasteiger partial charge in [-0.3, -0.25) is 4.79 Å². The summed E-state index contributed by atoms with van der Waals surface area (Å²) in [6, 6.07) is 8.18. The third kappa shape index (κ3) is 4.62. The first kappa shape index (κ1) is 19.0. The molecule has 0 saturated carbocycles. The minimum Gasteiger partial charge on any atom is -0.443 e. The quantitative estimate of drug-likeness (QED) is 0.787. The Morgan fingerprint density at radius 2 is 1.80 bits per heavy atom. The van der Waals surface area contributed by atoms with Gasteiger partial charge in [-0.15, -0.1) is 0 Å². The second kappa shape index (κ2) is 7.30. The molecule has 1 aromatic rings. The lowest BCUT2D eigenvalue weighted by Gasteiger charge is -2.26.